The number of hydrogen-bond donors (Lipinski definition) is 2. The van der Waals surface area contributed by atoms with Crippen LogP contribution in [-0.4, -0.2) is 29.9 Å². The molecule has 0 aromatic heterocycles. The van der Waals surface area contributed by atoms with Crippen molar-refractivity contribution >= 4 is 46.3 Å². The number of hydrogen-bond acceptors (Lipinski definition) is 4. The molecule has 0 heterocycles. The van der Waals surface area contributed by atoms with Gasteiger partial charge in [0.15, 0.2) is 5.78 Å². The molecule has 2 aromatic carbocycles. The summed E-state index contributed by atoms with van der Waals surface area (Å²) in [5.74, 6) is -0.706. The normalized spacial score (nSPS) is 11.0. The standard InChI is InChI=1S/C20H20ClN3O3/c1-12(17-10-15(21)8-9-19(17)24-14(3)26)22-11-20(27)16-6-4-5-7-18(16)23-13(2)25/h4-10H,11H2,1-3H3,(H,23,25)(H,24,26). The van der Waals surface area contributed by atoms with Gasteiger partial charge in [-0.3, -0.25) is 19.4 Å². The molecule has 0 spiro atoms. The highest BCUT2D eigenvalue weighted by atomic mass is 35.5. The van der Waals surface area contributed by atoms with Crippen molar-refractivity contribution < 1.29 is 14.4 Å². The summed E-state index contributed by atoms with van der Waals surface area (Å²) >= 11 is 6.05. The predicted octanol–water partition coefficient (Wildman–Crippen LogP) is 3.95. The second-order valence-corrected chi connectivity index (χ2v) is 6.36. The largest absolute Gasteiger partial charge is 0.326 e. The first-order valence-corrected chi connectivity index (χ1v) is 8.64. The van der Waals surface area contributed by atoms with Crippen molar-refractivity contribution in [1.29, 1.82) is 0 Å². The quantitative estimate of drug-likeness (QED) is 0.583. The summed E-state index contributed by atoms with van der Waals surface area (Å²) in [4.78, 5) is 39.6. The van der Waals surface area contributed by atoms with Crippen LogP contribution in [0.2, 0.25) is 5.02 Å². The maximum Gasteiger partial charge on any atom is 0.221 e. The van der Waals surface area contributed by atoms with Crippen LogP contribution in [0.15, 0.2) is 47.5 Å². The molecule has 0 saturated heterocycles. The van der Waals surface area contributed by atoms with E-state index in [0.29, 0.717) is 33.2 Å². The number of anilines is 2. The Morgan fingerprint density at radius 2 is 1.48 bits per heavy atom. The van der Waals surface area contributed by atoms with Crippen LogP contribution < -0.4 is 10.6 Å². The van der Waals surface area contributed by atoms with E-state index in [1.807, 2.05) is 0 Å². The summed E-state index contributed by atoms with van der Waals surface area (Å²) in [6.07, 6.45) is 0. The van der Waals surface area contributed by atoms with Crippen LogP contribution in [0.25, 0.3) is 0 Å². The number of carbonyl (C=O) groups is 3. The minimum absolute atomic E-state index is 0.103. The van der Waals surface area contributed by atoms with E-state index in [4.69, 9.17) is 11.6 Å². The van der Waals surface area contributed by atoms with Crippen LogP contribution in [0.5, 0.6) is 0 Å². The fourth-order valence-corrected chi connectivity index (χ4v) is 2.67. The molecule has 0 aliphatic heterocycles. The fourth-order valence-electron chi connectivity index (χ4n) is 2.50. The van der Waals surface area contributed by atoms with Gasteiger partial charge in [-0.25, -0.2) is 0 Å². The average Bonchev–Trinajstić information content (AvgIpc) is 2.60. The lowest BCUT2D eigenvalue weighted by molar-refractivity contribution is -0.115. The Bertz CT molecular complexity index is 922. The highest BCUT2D eigenvalue weighted by Gasteiger charge is 2.13. The number of aliphatic imine (C=N–C) groups is 1. The van der Waals surface area contributed by atoms with Gasteiger partial charge in [0.2, 0.25) is 11.8 Å². The van der Waals surface area contributed by atoms with E-state index in [2.05, 4.69) is 15.6 Å². The molecule has 0 bridgehead atoms. The molecular formula is C20H20ClN3O3. The highest BCUT2D eigenvalue weighted by molar-refractivity contribution is 6.31. The zero-order valence-corrected chi connectivity index (χ0v) is 16.1. The van der Waals surface area contributed by atoms with Gasteiger partial charge in [0, 0.05) is 41.4 Å². The lowest BCUT2D eigenvalue weighted by Crippen LogP contribution is -2.14. The minimum atomic E-state index is -0.256. The van der Waals surface area contributed by atoms with Crippen molar-refractivity contribution in [2.45, 2.75) is 20.8 Å². The molecule has 0 aliphatic carbocycles. The number of para-hydroxylation sites is 1. The summed E-state index contributed by atoms with van der Waals surface area (Å²) in [7, 11) is 0. The van der Waals surface area contributed by atoms with Crippen molar-refractivity contribution in [2.24, 2.45) is 4.99 Å². The molecule has 7 heteroatoms. The third-order valence-electron chi connectivity index (χ3n) is 3.68. The van der Waals surface area contributed by atoms with Crippen molar-refractivity contribution in [2.75, 3.05) is 17.2 Å². The maximum absolute atomic E-state index is 12.6. The highest BCUT2D eigenvalue weighted by Crippen LogP contribution is 2.22. The molecular weight excluding hydrogens is 366 g/mol. The summed E-state index contributed by atoms with van der Waals surface area (Å²) in [6, 6.07) is 11.8. The Hall–Kier alpha value is -2.99. The average molecular weight is 386 g/mol. The van der Waals surface area contributed by atoms with Crippen LogP contribution in [0.1, 0.15) is 36.7 Å². The molecule has 2 aromatic rings. The number of rotatable bonds is 6. The summed E-state index contributed by atoms with van der Waals surface area (Å²) in [5, 5.41) is 5.86. The van der Waals surface area contributed by atoms with Crippen LogP contribution in [0, 0.1) is 0 Å². The van der Waals surface area contributed by atoms with Gasteiger partial charge in [0.05, 0.1) is 5.69 Å². The fraction of sp³-hybridized carbons (Fsp3) is 0.200. The van der Waals surface area contributed by atoms with Gasteiger partial charge in [0.1, 0.15) is 6.54 Å². The molecule has 0 radical (unpaired) electrons. The SMILES string of the molecule is CC(=O)Nc1ccccc1C(=O)CN=C(C)c1cc(Cl)ccc1NC(C)=O. The van der Waals surface area contributed by atoms with Gasteiger partial charge >= 0.3 is 0 Å². The van der Waals surface area contributed by atoms with E-state index >= 15 is 0 Å². The van der Waals surface area contributed by atoms with Gasteiger partial charge in [0.25, 0.3) is 0 Å². The van der Waals surface area contributed by atoms with E-state index in [0.717, 1.165) is 0 Å². The Labute approximate surface area is 162 Å². The lowest BCUT2D eigenvalue weighted by Gasteiger charge is -2.11. The van der Waals surface area contributed by atoms with Crippen LogP contribution in [0.4, 0.5) is 11.4 Å². The van der Waals surface area contributed by atoms with E-state index in [9.17, 15) is 14.4 Å². The number of benzene rings is 2. The number of nitrogens with zero attached hydrogens (tertiary/aromatic N) is 1. The first-order chi connectivity index (χ1) is 12.8. The molecule has 2 amide bonds. The molecule has 140 valence electrons. The number of ketones is 1. The van der Waals surface area contributed by atoms with Crippen LogP contribution in [-0.2, 0) is 9.59 Å². The molecule has 6 nitrogen and oxygen atoms in total. The summed E-state index contributed by atoms with van der Waals surface area (Å²) in [5.41, 5.74) is 2.61. The first kappa shape index (κ1) is 20.3. The molecule has 0 fully saturated rings. The maximum atomic E-state index is 12.6. The monoisotopic (exact) mass is 385 g/mol. The Morgan fingerprint density at radius 1 is 0.889 bits per heavy atom. The van der Waals surface area contributed by atoms with Crippen molar-refractivity contribution in [3.63, 3.8) is 0 Å². The third-order valence-corrected chi connectivity index (χ3v) is 3.92. The van der Waals surface area contributed by atoms with Crippen LogP contribution >= 0.6 is 11.6 Å². The number of carbonyl (C=O) groups excluding carboxylic acids is 3. The third kappa shape index (κ3) is 5.76. The zero-order chi connectivity index (χ0) is 20.0. The molecule has 0 aliphatic rings. The second kappa shape index (κ2) is 9.09. The number of halogens is 1. The van der Waals surface area contributed by atoms with E-state index in [1.54, 1.807) is 49.4 Å². The topological polar surface area (TPSA) is 87.6 Å². The van der Waals surface area contributed by atoms with E-state index in [1.165, 1.54) is 13.8 Å². The Balaban J connectivity index is 2.26. The zero-order valence-electron chi connectivity index (χ0n) is 15.3. The van der Waals surface area contributed by atoms with Gasteiger partial charge in [-0.05, 0) is 37.3 Å². The molecule has 27 heavy (non-hydrogen) atoms. The van der Waals surface area contributed by atoms with Crippen molar-refractivity contribution in [3.8, 4) is 0 Å². The summed E-state index contributed by atoms with van der Waals surface area (Å²) < 4.78 is 0. The van der Waals surface area contributed by atoms with Gasteiger partial charge in [-0.15, -0.1) is 0 Å². The van der Waals surface area contributed by atoms with E-state index in [-0.39, 0.29) is 24.1 Å². The van der Waals surface area contributed by atoms with Gasteiger partial charge < -0.3 is 10.6 Å². The molecule has 2 N–H and O–H groups in total. The lowest BCUT2D eigenvalue weighted by atomic mass is 10.1. The number of Topliss-reactive ketones (excluding diaryl/α,β-unsaturated/α-hetero) is 1. The molecule has 2 rings (SSSR count). The first-order valence-electron chi connectivity index (χ1n) is 8.26. The number of amides is 2. The van der Waals surface area contributed by atoms with Gasteiger partial charge in [-0.1, -0.05) is 23.7 Å². The smallest absolute Gasteiger partial charge is 0.221 e. The second-order valence-electron chi connectivity index (χ2n) is 5.92. The Morgan fingerprint density at radius 3 is 2.11 bits per heavy atom. The number of nitrogens with one attached hydrogen (secondary N) is 2. The molecule has 0 saturated carbocycles. The van der Waals surface area contributed by atoms with Crippen molar-refractivity contribution in [1.82, 2.24) is 0 Å². The summed E-state index contributed by atoms with van der Waals surface area (Å²) in [6.45, 7) is 4.43. The molecule has 0 unspecified atom stereocenters. The van der Waals surface area contributed by atoms with Crippen molar-refractivity contribution in [3.05, 3.63) is 58.6 Å². The van der Waals surface area contributed by atoms with Gasteiger partial charge in [-0.2, -0.15) is 0 Å². The Kier molecular flexibility index (Phi) is 6.85. The van der Waals surface area contributed by atoms with Crippen LogP contribution in [0.3, 0.4) is 0 Å². The predicted molar refractivity (Wildman–Crippen MR) is 108 cm³/mol. The molecule has 0 atom stereocenters. The van der Waals surface area contributed by atoms with E-state index < -0.39 is 0 Å². The minimum Gasteiger partial charge on any atom is -0.326 e.